The van der Waals surface area contributed by atoms with E-state index in [0.29, 0.717) is 17.2 Å². The number of hydrogen-bond acceptors (Lipinski definition) is 5. The van der Waals surface area contributed by atoms with Gasteiger partial charge in [0.15, 0.2) is 5.82 Å². The Morgan fingerprint density at radius 3 is 2.48 bits per heavy atom. The van der Waals surface area contributed by atoms with E-state index in [9.17, 15) is 18.4 Å². The van der Waals surface area contributed by atoms with Crippen LogP contribution in [-0.4, -0.2) is 20.2 Å². The number of pyridine rings is 2. The summed E-state index contributed by atoms with van der Waals surface area (Å²) in [5.74, 6) is -2.22. The smallest absolute Gasteiger partial charge is 0.154 e. The molecule has 0 aliphatic carbocycles. The average molecular weight is 389 g/mol. The van der Waals surface area contributed by atoms with Gasteiger partial charge in [-0.25, -0.2) is 18.2 Å². The normalized spacial score (nSPS) is 10.6. The van der Waals surface area contributed by atoms with E-state index >= 15 is 0 Å². The van der Waals surface area contributed by atoms with Crippen molar-refractivity contribution in [2.75, 3.05) is 0 Å². The fourth-order valence-corrected chi connectivity index (χ4v) is 2.84. The van der Waals surface area contributed by atoms with Crippen LogP contribution in [0.15, 0.2) is 61.1 Å². The number of nitrogens with zero attached hydrogens (tertiary/aromatic N) is 5. The van der Waals surface area contributed by atoms with Crippen LogP contribution in [0, 0.1) is 28.8 Å². The second-order valence-corrected chi connectivity index (χ2v) is 6.02. The second-order valence-electron chi connectivity index (χ2n) is 6.02. The minimum atomic E-state index is -0.872. The van der Waals surface area contributed by atoms with Gasteiger partial charge in [-0.15, -0.1) is 5.10 Å². The number of hydrogen-bond donors (Lipinski definition) is 0. The first-order valence-electron chi connectivity index (χ1n) is 8.36. The van der Waals surface area contributed by atoms with Crippen molar-refractivity contribution in [2.45, 2.75) is 0 Å². The molecular weight excluding hydrogens is 379 g/mol. The van der Waals surface area contributed by atoms with Crippen LogP contribution in [0.3, 0.4) is 0 Å². The Morgan fingerprint density at radius 2 is 1.69 bits per heavy atom. The maximum atomic E-state index is 14.4. The third kappa shape index (κ3) is 3.53. The van der Waals surface area contributed by atoms with Crippen LogP contribution < -0.4 is 0 Å². The quantitative estimate of drug-likeness (QED) is 0.514. The van der Waals surface area contributed by atoms with Gasteiger partial charge in [-0.2, -0.15) is 10.4 Å². The van der Waals surface area contributed by atoms with Gasteiger partial charge in [-0.1, -0.05) is 6.07 Å². The van der Waals surface area contributed by atoms with Crippen molar-refractivity contribution in [3.8, 4) is 39.8 Å². The van der Waals surface area contributed by atoms with Crippen LogP contribution in [0.25, 0.3) is 33.8 Å². The van der Waals surface area contributed by atoms with E-state index in [4.69, 9.17) is 0 Å². The molecule has 140 valence electrons. The predicted molar refractivity (Wildman–Crippen MR) is 98.5 cm³/mol. The Hall–Kier alpha value is -4.12. The van der Waals surface area contributed by atoms with E-state index in [1.807, 2.05) is 6.07 Å². The van der Waals surface area contributed by atoms with Crippen LogP contribution in [-0.2, 0) is 0 Å². The van der Waals surface area contributed by atoms with Gasteiger partial charge < -0.3 is 0 Å². The zero-order chi connectivity index (χ0) is 20.4. The number of rotatable bonds is 3. The Kier molecular flexibility index (Phi) is 4.71. The molecule has 0 amide bonds. The maximum Gasteiger partial charge on any atom is 0.154 e. The average Bonchev–Trinajstić information content (AvgIpc) is 2.74. The molecule has 5 nitrogen and oxygen atoms in total. The van der Waals surface area contributed by atoms with Gasteiger partial charge in [-0.05, 0) is 35.9 Å². The first-order valence-corrected chi connectivity index (χ1v) is 8.36. The summed E-state index contributed by atoms with van der Waals surface area (Å²) < 4.78 is 41.6. The number of aromatic nitrogens is 4. The highest BCUT2D eigenvalue weighted by Crippen LogP contribution is 2.30. The Morgan fingerprint density at radius 1 is 0.828 bits per heavy atom. The zero-order valence-corrected chi connectivity index (χ0v) is 14.6. The first-order chi connectivity index (χ1) is 14.1. The molecule has 0 N–H and O–H groups in total. The van der Waals surface area contributed by atoms with Gasteiger partial charge >= 0.3 is 0 Å². The van der Waals surface area contributed by atoms with Crippen molar-refractivity contribution in [1.82, 2.24) is 20.2 Å². The molecule has 0 saturated heterocycles. The molecule has 8 heteroatoms. The van der Waals surface area contributed by atoms with E-state index in [0.717, 1.165) is 6.20 Å². The van der Waals surface area contributed by atoms with Crippen LogP contribution in [0.2, 0.25) is 0 Å². The standard InChI is InChI=1S/C21H10F3N5/c22-15-8-18(24)21(27-11-15)19-7-14(10-28-29-19)12-3-4-17(23)16(6-12)20-13(9-25)2-1-5-26-20/h1-8,10-11H. The monoisotopic (exact) mass is 389 g/mol. The summed E-state index contributed by atoms with van der Waals surface area (Å²) in [7, 11) is 0. The third-order valence-electron chi connectivity index (χ3n) is 4.19. The molecule has 3 aromatic heterocycles. The van der Waals surface area contributed by atoms with E-state index in [-0.39, 0.29) is 28.2 Å². The highest BCUT2D eigenvalue weighted by Gasteiger charge is 2.15. The lowest BCUT2D eigenvalue weighted by Gasteiger charge is -2.09. The first kappa shape index (κ1) is 18.3. The van der Waals surface area contributed by atoms with Crippen molar-refractivity contribution in [3.05, 3.63) is 84.1 Å². The Bertz CT molecular complexity index is 1270. The lowest BCUT2D eigenvalue weighted by Crippen LogP contribution is -1.96. The highest BCUT2D eigenvalue weighted by atomic mass is 19.1. The summed E-state index contributed by atoms with van der Waals surface area (Å²) in [4.78, 5) is 7.84. The van der Waals surface area contributed by atoms with Gasteiger partial charge in [0, 0.05) is 23.4 Å². The molecular formula is C21H10F3N5. The molecule has 0 bridgehead atoms. The summed E-state index contributed by atoms with van der Waals surface area (Å²) in [5.41, 5.74) is 1.59. The number of halogens is 3. The van der Waals surface area contributed by atoms with Crippen molar-refractivity contribution >= 4 is 0 Å². The van der Waals surface area contributed by atoms with E-state index in [1.54, 1.807) is 12.1 Å². The van der Waals surface area contributed by atoms with Crippen molar-refractivity contribution in [3.63, 3.8) is 0 Å². The third-order valence-corrected chi connectivity index (χ3v) is 4.19. The minimum absolute atomic E-state index is 0.0985. The molecule has 0 fully saturated rings. The number of nitriles is 1. The van der Waals surface area contributed by atoms with Crippen LogP contribution >= 0.6 is 0 Å². The van der Waals surface area contributed by atoms with Gasteiger partial charge in [0.2, 0.25) is 0 Å². The van der Waals surface area contributed by atoms with Crippen LogP contribution in [0.4, 0.5) is 13.2 Å². The van der Waals surface area contributed by atoms with E-state index < -0.39 is 17.5 Å². The Labute approximate surface area is 163 Å². The molecule has 29 heavy (non-hydrogen) atoms. The highest BCUT2D eigenvalue weighted by molar-refractivity contribution is 5.75. The lowest BCUT2D eigenvalue weighted by atomic mass is 9.99. The lowest BCUT2D eigenvalue weighted by molar-refractivity contribution is 0.575. The largest absolute Gasteiger partial charge is 0.255 e. The fourth-order valence-electron chi connectivity index (χ4n) is 2.84. The molecule has 1 aromatic carbocycles. The van der Waals surface area contributed by atoms with Gasteiger partial charge in [-0.3, -0.25) is 4.98 Å². The van der Waals surface area contributed by atoms with Crippen molar-refractivity contribution in [1.29, 1.82) is 5.26 Å². The second kappa shape index (κ2) is 7.48. The number of benzene rings is 1. The van der Waals surface area contributed by atoms with Crippen molar-refractivity contribution in [2.24, 2.45) is 0 Å². The topological polar surface area (TPSA) is 75.3 Å². The molecule has 0 unspecified atom stereocenters. The molecule has 0 saturated carbocycles. The molecule has 0 aliphatic rings. The van der Waals surface area contributed by atoms with Gasteiger partial charge in [0.25, 0.3) is 0 Å². The summed E-state index contributed by atoms with van der Waals surface area (Å²) in [6.45, 7) is 0. The maximum absolute atomic E-state index is 14.4. The summed E-state index contributed by atoms with van der Waals surface area (Å²) in [5, 5.41) is 17.0. The zero-order valence-electron chi connectivity index (χ0n) is 14.6. The summed E-state index contributed by atoms with van der Waals surface area (Å²) in [6.07, 6.45) is 3.77. The fraction of sp³-hybridized carbons (Fsp3) is 0. The molecule has 0 radical (unpaired) electrons. The summed E-state index contributed by atoms with van der Waals surface area (Å²) >= 11 is 0. The van der Waals surface area contributed by atoms with E-state index in [2.05, 4.69) is 20.2 Å². The molecule has 0 atom stereocenters. The van der Waals surface area contributed by atoms with Crippen LogP contribution in [0.5, 0.6) is 0 Å². The SMILES string of the molecule is N#Cc1cccnc1-c1cc(-c2cnnc(-c3ncc(F)cc3F)c2)ccc1F. The Balaban J connectivity index is 1.82. The van der Waals surface area contributed by atoms with Crippen molar-refractivity contribution < 1.29 is 13.2 Å². The van der Waals surface area contributed by atoms with Gasteiger partial charge in [0.05, 0.1) is 23.7 Å². The van der Waals surface area contributed by atoms with Gasteiger partial charge in [0.1, 0.15) is 29.1 Å². The minimum Gasteiger partial charge on any atom is -0.255 e. The molecule has 0 aliphatic heterocycles. The van der Waals surface area contributed by atoms with Crippen LogP contribution in [0.1, 0.15) is 5.56 Å². The molecule has 4 rings (SSSR count). The molecule has 4 aromatic rings. The molecule has 3 heterocycles. The van der Waals surface area contributed by atoms with E-state index in [1.165, 1.54) is 36.7 Å². The predicted octanol–water partition coefficient (Wildman–Crippen LogP) is 4.56. The molecule has 0 spiro atoms. The summed E-state index contributed by atoms with van der Waals surface area (Å²) in [6, 6.07) is 11.6.